The Labute approximate surface area is 184 Å². The molecule has 1 N–H and O–H groups in total. The summed E-state index contributed by atoms with van der Waals surface area (Å²) in [5, 5.41) is 9.46. The SMILES string of the molecule is CC(C)Oc1ccc(-c2cc3c4c(c2)[C@@H]2CN(C(=O)O)CC[C@@H]2N4CC3)c(C(F)(F)F)c1. The summed E-state index contributed by atoms with van der Waals surface area (Å²) in [6, 6.07) is 8.07. The highest BCUT2D eigenvalue weighted by Crippen LogP contribution is 2.51. The molecule has 0 saturated carbocycles. The van der Waals surface area contributed by atoms with Crippen molar-refractivity contribution in [2.24, 2.45) is 0 Å². The van der Waals surface area contributed by atoms with Crippen molar-refractivity contribution < 1.29 is 27.8 Å². The van der Waals surface area contributed by atoms with Gasteiger partial charge in [0, 0.05) is 37.3 Å². The molecule has 5 rings (SSSR count). The van der Waals surface area contributed by atoms with Crippen LogP contribution in [0.3, 0.4) is 0 Å². The summed E-state index contributed by atoms with van der Waals surface area (Å²) in [6.45, 7) is 5.23. The molecule has 3 aliphatic heterocycles. The van der Waals surface area contributed by atoms with Gasteiger partial charge in [-0.3, -0.25) is 0 Å². The Bertz CT molecular complexity index is 1080. The fourth-order valence-corrected chi connectivity index (χ4v) is 5.53. The number of benzene rings is 2. The van der Waals surface area contributed by atoms with Crippen LogP contribution >= 0.6 is 0 Å². The number of fused-ring (bicyclic) bond motifs is 3. The summed E-state index contributed by atoms with van der Waals surface area (Å²) < 4.78 is 47.5. The number of hydrogen-bond acceptors (Lipinski definition) is 3. The molecular weight excluding hydrogens is 421 g/mol. The van der Waals surface area contributed by atoms with Crippen molar-refractivity contribution in [3.05, 3.63) is 47.0 Å². The maximum absolute atomic E-state index is 14.0. The molecule has 1 fully saturated rings. The van der Waals surface area contributed by atoms with Crippen molar-refractivity contribution in [1.82, 2.24) is 4.90 Å². The van der Waals surface area contributed by atoms with Crippen LogP contribution in [0, 0.1) is 0 Å². The van der Waals surface area contributed by atoms with E-state index in [1.165, 1.54) is 11.0 Å². The second kappa shape index (κ2) is 7.32. The zero-order valence-corrected chi connectivity index (χ0v) is 17.9. The van der Waals surface area contributed by atoms with Gasteiger partial charge < -0.3 is 19.6 Å². The fraction of sp³-hybridized carbons (Fsp3) is 0.458. The fourth-order valence-electron chi connectivity index (χ4n) is 5.53. The molecular formula is C24H25F3N2O3. The number of piperidine rings is 1. The van der Waals surface area contributed by atoms with Gasteiger partial charge in [-0.2, -0.15) is 13.2 Å². The van der Waals surface area contributed by atoms with Gasteiger partial charge in [-0.1, -0.05) is 6.07 Å². The van der Waals surface area contributed by atoms with Crippen LogP contribution in [0.4, 0.5) is 23.7 Å². The van der Waals surface area contributed by atoms with Crippen LogP contribution in [-0.4, -0.2) is 47.9 Å². The molecule has 0 unspecified atom stereocenters. The Morgan fingerprint density at radius 1 is 1.19 bits per heavy atom. The van der Waals surface area contributed by atoms with E-state index in [2.05, 4.69) is 4.90 Å². The quantitative estimate of drug-likeness (QED) is 0.689. The molecule has 2 atom stereocenters. The van der Waals surface area contributed by atoms with Crippen molar-refractivity contribution in [3.63, 3.8) is 0 Å². The zero-order valence-electron chi connectivity index (χ0n) is 17.9. The maximum atomic E-state index is 14.0. The van der Waals surface area contributed by atoms with Gasteiger partial charge >= 0.3 is 12.3 Å². The molecule has 8 heteroatoms. The van der Waals surface area contributed by atoms with Crippen LogP contribution in [0.1, 0.15) is 42.9 Å². The van der Waals surface area contributed by atoms with E-state index in [1.54, 1.807) is 19.9 Å². The molecule has 0 aromatic heterocycles. The minimum atomic E-state index is -4.52. The van der Waals surface area contributed by atoms with E-state index in [-0.39, 0.29) is 29.4 Å². The van der Waals surface area contributed by atoms with Gasteiger partial charge in [0.25, 0.3) is 0 Å². The van der Waals surface area contributed by atoms with E-state index in [9.17, 15) is 23.1 Å². The highest BCUT2D eigenvalue weighted by molar-refractivity contribution is 5.79. The molecule has 32 heavy (non-hydrogen) atoms. The number of nitrogens with zero attached hydrogens (tertiary/aromatic N) is 2. The molecule has 2 aromatic rings. The van der Waals surface area contributed by atoms with Crippen LogP contribution in [0.2, 0.25) is 0 Å². The van der Waals surface area contributed by atoms with Gasteiger partial charge in [-0.15, -0.1) is 0 Å². The molecule has 0 bridgehead atoms. The lowest BCUT2D eigenvalue weighted by molar-refractivity contribution is -0.137. The lowest BCUT2D eigenvalue weighted by Gasteiger charge is -2.37. The second-order valence-electron chi connectivity index (χ2n) is 9.08. The Kier molecular flexibility index (Phi) is 4.80. The number of alkyl halides is 3. The van der Waals surface area contributed by atoms with E-state index < -0.39 is 17.8 Å². The first-order chi connectivity index (χ1) is 15.1. The number of hydrogen-bond donors (Lipinski definition) is 1. The van der Waals surface area contributed by atoms with Gasteiger partial charge in [0.2, 0.25) is 0 Å². The predicted octanol–water partition coefficient (Wildman–Crippen LogP) is 5.37. The first-order valence-electron chi connectivity index (χ1n) is 10.9. The third-order valence-corrected chi connectivity index (χ3v) is 6.75. The highest BCUT2D eigenvalue weighted by Gasteiger charge is 2.46. The standard InChI is InChI=1S/C24H25F3N2O3/c1-13(2)32-16-3-4-17(20(11-16)24(25,26)27)15-9-14-5-8-29-21-6-7-28(23(30)31)12-19(21)18(10-15)22(14)29/h3-4,9-11,13,19,21H,5-8,12H2,1-2H3,(H,30,31)/t19-,21-/m0/s1. The van der Waals surface area contributed by atoms with Crippen LogP contribution in [0.25, 0.3) is 11.1 Å². The summed E-state index contributed by atoms with van der Waals surface area (Å²) >= 11 is 0. The van der Waals surface area contributed by atoms with E-state index in [1.807, 2.05) is 12.1 Å². The number of likely N-dealkylation sites (tertiary alicyclic amines) is 1. The van der Waals surface area contributed by atoms with Crippen molar-refractivity contribution in [1.29, 1.82) is 0 Å². The predicted molar refractivity (Wildman–Crippen MR) is 114 cm³/mol. The Hall–Kier alpha value is -2.90. The zero-order chi connectivity index (χ0) is 22.8. The van der Waals surface area contributed by atoms with Gasteiger partial charge in [-0.25, -0.2) is 4.79 Å². The number of anilines is 1. The number of amides is 1. The lowest BCUT2D eigenvalue weighted by atomic mass is 9.85. The molecule has 0 radical (unpaired) electrons. The van der Waals surface area contributed by atoms with E-state index in [4.69, 9.17) is 4.74 Å². The molecule has 170 valence electrons. The van der Waals surface area contributed by atoms with Gasteiger partial charge in [-0.05, 0) is 73.2 Å². The molecule has 5 nitrogen and oxygen atoms in total. The van der Waals surface area contributed by atoms with Crippen molar-refractivity contribution in [3.8, 4) is 16.9 Å². The van der Waals surface area contributed by atoms with Crippen molar-refractivity contribution in [2.75, 3.05) is 24.5 Å². The molecule has 2 aromatic carbocycles. The summed E-state index contributed by atoms with van der Waals surface area (Å²) in [6.07, 6.45) is -4.18. The molecule has 0 spiro atoms. The number of carbonyl (C=O) groups is 1. The summed E-state index contributed by atoms with van der Waals surface area (Å²) in [4.78, 5) is 15.3. The van der Waals surface area contributed by atoms with E-state index >= 15 is 0 Å². The first kappa shape index (κ1) is 21.0. The van der Waals surface area contributed by atoms with Gasteiger partial charge in [0.05, 0.1) is 11.7 Å². The van der Waals surface area contributed by atoms with Crippen LogP contribution in [0.15, 0.2) is 30.3 Å². The van der Waals surface area contributed by atoms with Gasteiger partial charge in [0.15, 0.2) is 0 Å². The molecule has 0 aliphatic carbocycles. The second-order valence-corrected chi connectivity index (χ2v) is 9.08. The van der Waals surface area contributed by atoms with E-state index in [0.29, 0.717) is 18.7 Å². The summed E-state index contributed by atoms with van der Waals surface area (Å²) in [7, 11) is 0. The smallest absolute Gasteiger partial charge is 0.417 e. The third-order valence-electron chi connectivity index (χ3n) is 6.75. The minimum Gasteiger partial charge on any atom is -0.491 e. The first-order valence-corrected chi connectivity index (χ1v) is 10.9. The van der Waals surface area contributed by atoms with Crippen molar-refractivity contribution in [2.45, 2.75) is 50.9 Å². The number of halogens is 3. The maximum Gasteiger partial charge on any atom is 0.417 e. The highest BCUT2D eigenvalue weighted by atomic mass is 19.4. The average Bonchev–Trinajstić information content (AvgIpc) is 3.28. The van der Waals surface area contributed by atoms with Crippen LogP contribution in [0.5, 0.6) is 5.75 Å². The lowest BCUT2D eigenvalue weighted by Crippen LogP contribution is -2.47. The van der Waals surface area contributed by atoms with Gasteiger partial charge in [0.1, 0.15) is 5.75 Å². The topological polar surface area (TPSA) is 53.0 Å². The van der Waals surface area contributed by atoms with Crippen molar-refractivity contribution >= 4 is 11.8 Å². The monoisotopic (exact) mass is 446 g/mol. The molecule has 1 amide bonds. The van der Waals surface area contributed by atoms with E-state index in [0.717, 1.165) is 42.3 Å². The Morgan fingerprint density at radius 3 is 2.66 bits per heavy atom. The summed E-state index contributed by atoms with van der Waals surface area (Å²) in [5.74, 6) is 0.170. The Morgan fingerprint density at radius 2 is 1.97 bits per heavy atom. The third kappa shape index (κ3) is 3.36. The minimum absolute atomic E-state index is 0.0215. The molecule has 1 saturated heterocycles. The number of ether oxygens (including phenoxy) is 1. The normalized spacial score (nSPS) is 21.7. The molecule has 3 heterocycles. The Balaban J connectivity index is 1.61. The largest absolute Gasteiger partial charge is 0.491 e. The number of rotatable bonds is 3. The average molecular weight is 446 g/mol. The molecule has 3 aliphatic rings. The summed E-state index contributed by atoms with van der Waals surface area (Å²) in [5.41, 5.74) is 3.05. The van der Waals surface area contributed by atoms with Crippen LogP contribution < -0.4 is 9.64 Å². The number of carboxylic acid groups (broad SMARTS) is 1. The van der Waals surface area contributed by atoms with Crippen LogP contribution in [-0.2, 0) is 12.6 Å².